The number of carboxylic acids is 1. The van der Waals surface area contributed by atoms with Gasteiger partial charge in [-0.2, -0.15) is 0 Å². The van der Waals surface area contributed by atoms with Crippen molar-refractivity contribution in [3.05, 3.63) is 69.6 Å². The smallest absolute Gasteiger partial charge is 0.323 e. The van der Waals surface area contributed by atoms with Gasteiger partial charge in [0.25, 0.3) is 0 Å². The van der Waals surface area contributed by atoms with Crippen LogP contribution in [-0.2, 0) is 35.4 Å². The Morgan fingerprint density at radius 2 is 2.10 bits per heavy atom. The van der Waals surface area contributed by atoms with Gasteiger partial charge in [-0.05, 0) is 55.9 Å². The first-order valence-corrected chi connectivity index (χ1v) is 10.8. The number of benzene rings is 2. The number of carbonyl (C=O) groups is 2. The summed E-state index contributed by atoms with van der Waals surface area (Å²) < 4.78 is 15.7. The van der Waals surface area contributed by atoms with E-state index in [9.17, 15) is 19.1 Å². The van der Waals surface area contributed by atoms with Crippen LogP contribution in [0.1, 0.15) is 35.2 Å². The zero-order valence-corrected chi connectivity index (χ0v) is 18.0. The number of nitrogens with one attached hydrogen (secondary N) is 1. The van der Waals surface area contributed by atoms with Crippen molar-refractivity contribution in [3.63, 3.8) is 0 Å². The van der Waals surface area contributed by atoms with Crippen LogP contribution in [0.15, 0.2) is 36.4 Å². The fourth-order valence-electron chi connectivity index (χ4n) is 4.56. The number of hydrogen-bond acceptors (Lipinski definition) is 2. The monoisotopic (exact) mass is 442 g/mol. The van der Waals surface area contributed by atoms with Gasteiger partial charge in [0.15, 0.2) is 0 Å². The Morgan fingerprint density at radius 3 is 2.84 bits per heavy atom. The molecule has 2 aromatic carbocycles. The highest BCUT2D eigenvalue weighted by Gasteiger charge is 2.28. The molecule has 7 heteroatoms. The molecule has 0 bridgehead atoms. The van der Waals surface area contributed by atoms with Gasteiger partial charge in [0.05, 0.1) is 10.5 Å². The van der Waals surface area contributed by atoms with Gasteiger partial charge in [-0.15, -0.1) is 0 Å². The SMILES string of the molecule is Cc1cccc(CCC(=O)N[C@H]2CCc3c(c4cc(F)cc(Cl)c4n3CC(=O)O)C2)c1. The Labute approximate surface area is 184 Å². The van der Waals surface area contributed by atoms with Crippen molar-refractivity contribution in [1.29, 1.82) is 0 Å². The van der Waals surface area contributed by atoms with Gasteiger partial charge in [0, 0.05) is 23.5 Å². The molecule has 4 rings (SSSR count). The summed E-state index contributed by atoms with van der Waals surface area (Å²) in [4.78, 5) is 23.9. The summed E-state index contributed by atoms with van der Waals surface area (Å²) in [6, 6.07) is 10.6. The number of rotatable bonds is 6. The molecule has 1 atom stereocenters. The van der Waals surface area contributed by atoms with Crippen molar-refractivity contribution < 1.29 is 19.1 Å². The number of amides is 1. The highest BCUT2D eigenvalue weighted by molar-refractivity contribution is 6.35. The first-order valence-electron chi connectivity index (χ1n) is 10.4. The quantitative estimate of drug-likeness (QED) is 0.593. The minimum absolute atomic E-state index is 0.0200. The van der Waals surface area contributed by atoms with Gasteiger partial charge >= 0.3 is 5.97 Å². The van der Waals surface area contributed by atoms with Crippen LogP contribution in [0.25, 0.3) is 10.9 Å². The molecule has 0 spiro atoms. The molecule has 3 aromatic rings. The maximum Gasteiger partial charge on any atom is 0.323 e. The van der Waals surface area contributed by atoms with Gasteiger partial charge < -0.3 is 15.0 Å². The molecule has 0 radical (unpaired) electrons. The molecular weight excluding hydrogens is 419 g/mol. The summed E-state index contributed by atoms with van der Waals surface area (Å²) in [5.41, 5.74) is 4.56. The largest absolute Gasteiger partial charge is 0.480 e. The fourth-order valence-corrected chi connectivity index (χ4v) is 4.86. The molecule has 1 aliphatic carbocycles. The van der Waals surface area contributed by atoms with Gasteiger partial charge in [-0.1, -0.05) is 41.4 Å². The first-order chi connectivity index (χ1) is 14.8. The number of fused-ring (bicyclic) bond motifs is 3. The minimum Gasteiger partial charge on any atom is -0.480 e. The average molecular weight is 443 g/mol. The summed E-state index contributed by atoms with van der Waals surface area (Å²) in [6.07, 6.45) is 2.88. The lowest BCUT2D eigenvalue weighted by molar-refractivity contribution is -0.137. The van der Waals surface area contributed by atoms with E-state index in [-0.39, 0.29) is 23.5 Å². The predicted molar refractivity (Wildman–Crippen MR) is 118 cm³/mol. The number of aromatic nitrogens is 1. The second-order valence-corrected chi connectivity index (χ2v) is 8.59. The highest BCUT2D eigenvalue weighted by Crippen LogP contribution is 2.36. The van der Waals surface area contributed by atoms with Gasteiger partial charge in [0.2, 0.25) is 5.91 Å². The number of hydrogen-bond donors (Lipinski definition) is 2. The molecule has 0 aliphatic heterocycles. The molecular formula is C24H24ClFN2O3. The van der Waals surface area contributed by atoms with E-state index in [4.69, 9.17) is 11.6 Å². The van der Waals surface area contributed by atoms with Crippen LogP contribution >= 0.6 is 11.6 Å². The number of halogens is 2. The average Bonchev–Trinajstić information content (AvgIpc) is 2.99. The third-order valence-electron chi connectivity index (χ3n) is 5.86. The van der Waals surface area contributed by atoms with Crippen LogP contribution in [0.4, 0.5) is 4.39 Å². The molecule has 0 saturated carbocycles. The van der Waals surface area contributed by atoms with E-state index in [0.29, 0.717) is 43.0 Å². The number of nitrogens with zero attached hydrogens (tertiary/aromatic N) is 1. The van der Waals surface area contributed by atoms with E-state index >= 15 is 0 Å². The molecule has 0 fully saturated rings. The van der Waals surface area contributed by atoms with E-state index in [0.717, 1.165) is 16.8 Å². The van der Waals surface area contributed by atoms with E-state index in [2.05, 4.69) is 11.4 Å². The molecule has 0 saturated heterocycles. The maximum absolute atomic E-state index is 14.1. The first kappa shape index (κ1) is 21.4. The van der Waals surface area contributed by atoms with Gasteiger partial charge in [-0.25, -0.2) is 4.39 Å². The lowest BCUT2D eigenvalue weighted by Crippen LogP contribution is -2.39. The Kier molecular flexibility index (Phi) is 6.01. The third-order valence-corrected chi connectivity index (χ3v) is 6.15. The maximum atomic E-state index is 14.1. The van der Waals surface area contributed by atoms with E-state index in [1.54, 1.807) is 4.57 Å². The normalized spacial score (nSPS) is 15.6. The van der Waals surface area contributed by atoms with E-state index in [1.165, 1.54) is 17.7 Å². The number of aryl methyl sites for hydroxylation is 2. The predicted octanol–water partition coefficient (Wildman–Crippen LogP) is 4.43. The summed E-state index contributed by atoms with van der Waals surface area (Å²) in [5.74, 6) is -1.46. The van der Waals surface area contributed by atoms with Crippen molar-refractivity contribution in [1.82, 2.24) is 9.88 Å². The van der Waals surface area contributed by atoms with Crippen LogP contribution in [0.3, 0.4) is 0 Å². The second-order valence-electron chi connectivity index (χ2n) is 8.19. The third kappa shape index (κ3) is 4.59. The lowest BCUT2D eigenvalue weighted by atomic mass is 9.91. The van der Waals surface area contributed by atoms with Crippen LogP contribution < -0.4 is 5.32 Å². The van der Waals surface area contributed by atoms with Gasteiger partial charge in [-0.3, -0.25) is 9.59 Å². The Hall–Kier alpha value is -2.86. The highest BCUT2D eigenvalue weighted by atomic mass is 35.5. The molecule has 1 aromatic heterocycles. The molecule has 0 unspecified atom stereocenters. The molecule has 2 N–H and O–H groups in total. The standard InChI is InChI=1S/C24H24ClFN2O3/c1-14-3-2-4-15(9-14)5-8-22(29)27-17-6-7-21-18(12-17)19-10-16(26)11-20(25)24(19)28(21)13-23(30)31/h2-4,9-11,17H,5-8,12-13H2,1H3,(H,27,29)(H,30,31)/t17-/m0/s1. The van der Waals surface area contributed by atoms with Crippen molar-refractivity contribution in [2.24, 2.45) is 0 Å². The number of carboxylic acid groups (broad SMARTS) is 1. The topological polar surface area (TPSA) is 71.3 Å². The van der Waals surface area contributed by atoms with Gasteiger partial charge in [0.1, 0.15) is 12.4 Å². The number of carbonyl (C=O) groups excluding carboxylic acids is 1. The Morgan fingerprint density at radius 1 is 1.29 bits per heavy atom. The molecule has 31 heavy (non-hydrogen) atoms. The van der Waals surface area contributed by atoms with Crippen molar-refractivity contribution in [3.8, 4) is 0 Å². The summed E-state index contributed by atoms with van der Waals surface area (Å²) in [7, 11) is 0. The van der Waals surface area contributed by atoms with Crippen LogP contribution in [0.5, 0.6) is 0 Å². The minimum atomic E-state index is -0.980. The second kappa shape index (κ2) is 8.71. The zero-order valence-electron chi connectivity index (χ0n) is 17.3. The summed E-state index contributed by atoms with van der Waals surface area (Å²) >= 11 is 6.28. The molecule has 1 amide bonds. The molecule has 5 nitrogen and oxygen atoms in total. The molecule has 162 valence electrons. The number of aliphatic carboxylic acids is 1. The van der Waals surface area contributed by atoms with Crippen molar-refractivity contribution in [2.75, 3.05) is 0 Å². The lowest BCUT2D eigenvalue weighted by Gasteiger charge is -2.25. The summed E-state index contributed by atoms with van der Waals surface area (Å²) in [5, 5.41) is 13.3. The molecule has 1 heterocycles. The van der Waals surface area contributed by atoms with Crippen LogP contribution in [0, 0.1) is 12.7 Å². The zero-order chi connectivity index (χ0) is 22.1. The Bertz CT molecular complexity index is 1170. The van der Waals surface area contributed by atoms with E-state index in [1.807, 2.05) is 25.1 Å². The Balaban J connectivity index is 1.52. The summed E-state index contributed by atoms with van der Waals surface area (Å²) in [6.45, 7) is 1.80. The van der Waals surface area contributed by atoms with Crippen LogP contribution in [0.2, 0.25) is 5.02 Å². The molecule has 1 aliphatic rings. The van der Waals surface area contributed by atoms with Crippen LogP contribution in [-0.4, -0.2) is 27.6 Å². The van der Waals surface area contributed by atoms with Crippen molar-refractivity contribution in [2.45, 2.75) is 51.6 Å². The fraction of sp³-hybridized carbons (Fsp3) is 0.333. The van der Waals surface area contributed by atoms with Crippen molar-refractivity contribution >= 4 is 34.4 Å². The van der Waals surface area contributed by atoms with E-state index < -0.39 is 11.8 Å².